The lowest BCUT2D eigenvalue weighted by Gasteiger charge is -2.07. The third-order valence-electron chi connectivity index (χ3n) is 2.52. The summed E-state index contributed by atoms with van der Waals surface area (Å²) >= 11 is 0. The van der Waals surface area contributed by atoms with Crippen LogP contribution in [0, 0.1) is 6.92 Å². The molecule has 1 N–H and O–H groups in total. The van der Waals surface area contributed by atoms with Gasteiger partial charge in [-0.15, -0.1) is 0 Å². The minimum absolute atomic E-state index is 0.0874. The molecule has 0 aliphatic rings. The molecule has 0 bridgehead atoms. The first-order valence-electron chi connectivity index (χ1n) is 5.07. The minimum Gasteiger partial charge on any atom is -0.392 e. The second-order valence-electron chi connectivity index (χ2n) is 3.68. The van der Waals surface area contributed by atoms with Gasteiger partial charge in [0.2, 0.25) is 0 Å². The summed E-state index contributed by atoms with van der Waals surface area (Å²) in [6, 6.07) is 16.3. The molecule has 0 radical (unpaired) electrons. The Morgan fingerprint density at radius 1 is 1.00 bits per heavy atom. The van der Waals surface area contributed by atoms with Crippen molar-refractivity contribution in [2.75, 3.05) is 0 Å². The molecule has 0 heterocycles. The molecule has 0 amide bonds. The van der Waals surface area contributed by atoms with E-state index >= 15 is 0 Å². The molecule has 0 aromatic heterocycles. The van der Waals surface area contributed by atoms with Crippen LogP contribution >= 0.6 is 0 Å². The Hall–Kier alpha value is -1.60. The summed E-state index contributed by atoms with van der Waals surface area (Å²) in [5.74, 6) is 0. The summed E-state index contributed by atoms with van der Waals surface area (Å²) in [6.07, 6.45) is 0. The lowest BCUT2D eigenvalue weighted by Crippen LogP contribution is -1.88. The monoisotopic (exact) mass is 198 g/mol. The van der Waals surface area contributed by atoms with Crippen LogP contribution in [0.5, 0.6) is 0 Å². The number of rotatable bonds is 2. The molecule has 0 unspecified atom stereocenters. The molecule has 0 aliphatic heterocycles. The zero-order chi connectivity index (χ0) is 10.7. The van der Waals surface area contributed by atoms with Crippen LogP contribution in [0.2, 0.25) is 0 Å². The predicted molar refractivity (Wildman–Crippen MR) is 62.5 cm³/mol. The quantitative estimate of drug-likeness (QED) is 0.786. The maximum absolute atomic E-state index is 9.25. The Morgan fingerprint density at radius 3 is 2.53 bits per heavy atom. The van der Waals surface area contributed by atoms with E-state index < -0.39 is 0 Å². The average Bonchev–Trinajstić information content (AvgIpc) is 2.29. The summed E-state index contributed by atoms with van der Waals surface area (Å²) in [5.41, 5.74) is 4.49. The van der Waals surface area contributed by atoms with Crippen molar-refractivity contribution in [3.63, 3.8) is 0 Å². The predicted octanol–water partition coefficient (Wildman–Crippen LogP) is 3.15. The Labute approximate surface area is 90.0 Å². The summed E-state index contributed by atoms with van der Waals surface area (Å²) in [5, 5.41) is 9.25. The second-order valence-corrected chi connectivity index (χ2v) is 3.68. The van der Waals surface area contributed by atoms with Crippen LogP contribution in [0.4, 0.5) is 0 Å². The van der Waals surface area contributed by atoms with Crippen LogP contribution < -0.4 is 0 Å². The van der Waals surface area contributed by atoms with Gasteiger partial charge in [0.05, 0.1) is 6.61 Å². The number of aryl methyl sites for hydroxylation is 1. The lowest BCUT2D eigenvalue weighted by molar-refractivity contribution is 0.282. The molecule has 15 heavy (non-hydrogen) atoms. The highest BCUT2D eigenvalue weighted by Gasteiger charge is 2.02. The van der Waals surface area contributed by atoms with Crippen molar-refractivity contribution in [2.24, 2.45) is 0 Å². The van der Waals surface area contributed by atoms with E-state index in [0.717, 1.165) is 11.1 Å². The number of aliphatic hydroxyl groups excluding tert-OH is 1. The molecular weight excluding hydrogens is 184 g/mol. The molecule has 2 aromatic carbocycles. The maximum Gasteiger partial charge on any atom is 0.0687 e. The smallest absolute Gasteiger partial charge is 0.0687 e. The van der Waals surface area contributed by atoms with E-state index in [9.17, 15) is 5.11 Å². The molecule has 0 atom stereocenters. The topological polar surface area (TPSA) is 20.2 Å². The molecule has 76 valence electrons. The second kappa shape index (κ2) is 4.28. The lowest BCUT2D eigenvalue weighted by atomic mass is 9.99. The third-order valence-corrected chi connectivity index (χ3v) is 2.52. The first-order chi connectivity index (χ1) is 7.31. The van der Waals surface area contributed by atoms with Gasteiger partial charge >= 0.3 is 0 Å². The fourth-order valence-electron chi connectivity index (χ4n) is 1.75. The molecule has 0 aliphatic carbocycles. The summed E-state index contributed by atoms with van der Waals surface area (Å²) < 4.78 is 0. The van der Waals surface area contributed by atoms with E-state index in [-0.39, 0.29) is 6.61 Å². The van der Waals surface area contributed by atoms with Crippen molar-refractivity contribution >= 4 is 0 Å². The molecule has 0 spiro atoms. The summed E-state index contributed by atoms with van der Waals surface area (Å²) in [4.78, 5) is 0. The van der Waals surface area contributed by atoms with Gasteiger partial charge < -0.3 is 5.11 Å². The highest BCUT2D eigenvalue weighted by Crippen LogP contribution is 2.24. The molecule has 2 rings (SSSR count). The fraction of sp³-hybridized carbons (Fsp3) is 0.143. The van der Waals surface area contributed by atoms with Crippen molar-refractivity contribution in [2.45, 2.75) is 13.5 Å². The summed E-state index contributed by atoms with van der Waals surface area (Å²) in [7, 11) is 0. The van der Waals surface area contributed by atoms with Crippen molar-refractivity contribution in [3.05, 3.63) is 59.7 Å². The van der Waals surface area contributed by atoms with Gasteiger partial charge in [0.15, 0.2) is 0 Å². The first kappa shape index (κ1) is 9.94. The molecule has 0 saturated carbocycles. The normalized spacial score (nSPS) is 10.3. The van der Waals surface area contributed by atoms with E-state index in [1.165, 1.54) is 11.1 Å². The molecule has 1 heteroatoms. The molecule has 0 saturated heterocycles. The number of benzene rings is 2. The number of hydrogen-bond acceptors (Lipinski definition) is 1. The zero-order valence-corrected chi connectivity index (χ0v) is 8.77. The van der Waals surface area contributed by atoms with E-state index in [1.807, 2.05) is 30.3 Å². The minimum atomic E-state index is 0.0874. The molecule has 2 aromatic rings. The van der Waals surface area contributed by atoms with E-state index in [4.69, 9.17) is 0 Å². The number of aliphatic hydroxyl groups is 1. The van der Waals surface area contributed by atoms with Crippen molar-refractivity contribution in [3.8, 4) is 11.1 Å². The van der Waals surface area contributed by atoms with E-state index in [2.05, 4.69) is 25.1 Å². The van der Waals surface area contributed by atoms with Gasteiger partial charge in [-0.2, -0.15) is 0 Å². The van der Waals surface area contributed by atoms with Gasteiger partial charge in [0.25, 0.3) is 0 Å². The van der Waals surface area contributed by atoms with Gasteiger partial charge in [0.1, 0.15) is 0 Å². The highest BCUT2D eigenvalue weighted by atomic mass is 16.3. The largest absolute Gasteiger partial charge is 0.392 e. The van der Waals surface area contributed by atoms with Gasteiger partial charge in [-0.1, -0.05) is 54.1 Å². The van der Waals surface area contributed by atoms with Gasteiger partial charge in [-0.25, -0.2) is 0 Å². The summed E-state index contributed by atoms with van der Waals surface area (Å²) in [6.45, 7) is 2.16. The average molecular weight is 198 g/mol. The van der Waals surface area contributed by atoms with Crippen molar-refractivity contribution in [1.82, 2.24) is 0 Å². The van der Waals surface area contributed by atoms with E-state index in [1.54, 1.807) is 0 Å². The van der Waals surface area contributed by atoms with Gasteiger partial charge in [0, 0.05) is 0 Å². The van der Waals surface area contributed by atoms with Crippen molar-refractivity contribution in [1.29, 1.82) is 0 Å². The fourth-order valence-corrected chi connectivity index (χ4v) is 1.75. The van der Waals surface area contributed by atoms with E-state index in [0.29, 0.717) is 0 Å². The standard InChI is InChI=1S/C14H14O/c1-11-5-4-7-12(9-11)14-8-3-2-6-13(14)10-15/h2-9,15H,10H2,1H3. The Bertz CT molecular complexity index is 460. The third kappa shape index (κ3) is 2.08. The van der Waals surface area contributed by atoms with Crippen LogP contribution in [0.1, 0.15) is 11.1 Å². The van der Waals surface area contributed by atoms with Crippen LogP contribution in [-0.2, 0) is 6.61 Å². The molecule has 1 nitrogen and oxygen atoms in total. The van der Waals surface area contributed by atoms with Gasteiger partial charge in [-0.05, 0) is 23.6 Å². The Kier molecular flexibility index (Phi) is 2.84. The molecular formula is C14H14O. The van der Waals surface area contributed by atoms with Gasteiger partial charge in [-0.3, -0.25) is 0 Å². The zero-order valence-electron chi connectivity index (χ0n) is 8.77. The van der Waals surface area contributed by atoms with Crippen LogP contribution in [0.15, 0.2) is 48.5 Å². The van der Waals surface area contributed by atoms with Crippen LogP contribution in [-0.4, -0.2) is 5.11 Å². The SMILES string of the molecule is Cc1cccc(-c2ccccc2CO)c1. The Balaban J connectivity index is 2.53. The Morgan fingerprint density at radius 2 is 1.80 bits per heavy atom. The molecule has 0 fully saturated rings. The van der Waals surface area contributed by atoms with Crippen LogP contribution in [0.25, 0.3) is 11.1 Å². The van der Waals surface area contributed by atoms with Crippen molar-refractivity contribution < 1.29 is 5.11 Å². The maximum atomic E-state index is 9.25. The highest BCUT2D eigenvalue weighted by molar-refractivity contribution is 5.67. The number of hydrogen-bond donors (Lipinski definition) is 1. The first-order valence-corrected chi connectivity index (χ1v) is 5.07. The van der Waals surface area contributed by atoms with Crippen LogP contribution in [0.3, 0.4) is 0 Å².